The minimum absolute atomic E-state index is 0.0778. The first-order chi connectivity index (χ1) is 11.5. The van der Waals surface area contributed by atoms with Crippen LogP contribution in [0, 0.1) is 15.9 Å². The third-order valence-corrected chi connectivity index (χ3v) is 4.34. The molecular weight excluding hydrogens is 381 g/mol. The van der Waals surface area contributed by atoms with Crippen molar-refractivity contribution >= 4 is 32.6 Å². The van der Waals surface area contributed by atoms with Crippen molar-refractivity contribution in [1.29, 1.82) is 0 Å². The molecule has 5 nitrogen and oxygen atoms in total. The van der Waals surface area contributed by atoms with Gasteiger partial charge in [-0.05, 0) is 17.2 Å². The Morgan fingerprint density at radius 2 is 1.88 bits per heavy atom. The fraction of sp³-hybridized carbons (Fsp3) is 0.118. The summed E-state index contributed by atoms with van der Waals surface area (Å²) in [5.41, 5.74) is 0.305. The molecule has 24 heavy (non-hydrogen) atoms. The first-order valence-corrected chi connectivity index (χ1v) is 8.16. The Morgan fingerprint density at radius 3 is 2.58 bits per heavy atom. The lowest BCUT2D eigenvalue weighted by molar-refractivity contribution is -0.387. The standard InChI is InChI=1S/C17H11BrFNO4/c18-9-13-11-5-1-2-7-15(11)24-17(21)12(13)8-10-4-3-6-14(16(10)19)20(22)23/h1-7H,8-9H2. The van der Waals surface area contributed by atoms with Crippen LogP contribution in [-0.4, -0.2) is 4.92 Å². The molecule has 1 heterocycles. The van der Waals surface area contributed by atoms with E-state index in [4.69, 9.17) is 4.42 Å². The highest BCUT2D eigenvalue weighted by Crippen LogP contribution is 2.26. The van der Waals surface area contributed by atoms with Gasteiger partial charge >= 0.3 is 11.3 Å². The number of benzene rings is 2. The van der Waals surface area contributed by atoms with E-state index in [0.29, 0.717) is 16.5 Å². The van der Waals surface area contributed by atoms with Crippen molar-refractivity contribution in [1.82, 2.24) is 0 Å². The highest BCUT2D eigenvalue weighted by molar-refractivity contribution is 9.08. The van der Waals surface area contributed by atoms with Crippen LogP contribution < -0.4 is 5.63 Å². The molecule has 0 saturated carbocycles. The molecule has 0 spiro atoms. The van der Waals surface area contributed by atoms with Crippen molar-refractivity contribution in [3.8, 4) is 0 Å². The van der Waals surface area contributed by atoms with Crippen molar-refractivity contribution in [2.45, 2.75) is 11.8 Å². The number of fused-ring (bicyclic) bond motifs is 1. The van der Waals surface area contributed by atoms with Gasteiger partial charge in [0, 0.05) is 28.8 Å². The Morgan fingerprint density at radius 1 is 1.12 bits per heavy atom. The molecule has 0 atom stereocenters. The zero-order valence-electron chi connectivity index (χ0n) is 12.3. The predicted molar refractivity (Wildman–Crippen MR) is 91.0 cm³/mol. The topological polar surface area (TPSA) is 73.3 Å². The maximum absolute atomic E-state index is 14.3. The van der Waals surface area contributed by atoms with Crippen LogP contribution in [0.4, 0.5) is 10.1 Å². The van der Waals surface area contributed by atoms with Crippen LogP contribution in [0.15, 0.2) is 51.7 Å². The molecule has 0 saturated heterocycles. The highest BCUT2D eigenvalue weighted by atomic mass is 79.9. The molecule has 0 aliphatic carbocycles. The van der Waals surface area contributed by atoms with Gasteiger partial charge in [-0.3, -0.25) is 10.1 Å². The molecule has 0 amide bonds. The molecule has 122 valence electrons. The number of para-hydroxylation sites is 1. The number of nitro groups is 1. The number of rotatable bonds is 4. The SMILES string of the molecule is O=c1oc2ccccc2c(CBr)c1Cc1cccc([N+](=O)[O-])c1F. The second-order valence-electron chi connectivity index (χ2n) is 5.16. The van der Waals surface area contributed by atoms with Gasteiger partial charge in [0.2, 0.25) is 5.82 Å². The van der Waals surface area contributed by atoms with E-state index in [0.717, 1.165) is 11.5 Å². The third kappa shape index (κ3) is 2.82. The number of nitrogens with zero attached hydrogens (tertiary/aromatic N) is 1. The van der Waals surface area contributed by atoms with E-state index in [9.17, 15) is 19.3 Å². The van der Waals surface area contributed by atoms with Crippen LogP contribution in [0.5, 0.6) is 0 Å². The van der Waals surface area contributed by atoms with Crippen LogP contribution >= 0.6 is 15.9 Å². The van der Waals surface area contributed by atoms with Gasteiger partial charge in [-0.25, -0.2) is 4.79 Å². The van der Waals surface area contributed by atoms with Crippen LogP contribution in [-0.2, 0) is 11.8 Å². The van der Waals surface area contributed by atoms with Crippen LogP contribution in [0.2, 0.25) is 0 Å². The summed E-state index contributed by atoms with van der Waals surface area (Å²) in [6.45, 7) is 0. The van der Waals surface area contributed by atoms with Crippen molar-refractivity contribution < 1.29 is 13.7 Å². The minimum atomic E-state index is -0.935. The molecule has 0 N–H and O–H groups in total. The second-order valence-corrected chi connectivity index (χ2v) is 5.72. The molecule has 0 aliphatic rings. The Balaban J connectivity index is 2.18. The molecule has 0 radical (unpaired) electrons. The number of alkyl halides is 1. The zero-order chi connectivity index (χ0) is 17.3. The summed E-state index contributed by atoms with van der Waals surface area (Å²) in [6, 6.07) is 11.0. The average Bonchev–Trinajstić information content (AvgIpc) is 2.56. The Bertz CT molecular complexity index is 1000. The molecule has 1 aromatic heterocycles. The molecule has 3 aromatic rings. The largest absolute Gasteiger partial charge is 0.423 e. The third-order valence-electron chi connectivity index (χ3n) is 3.78. The summed E-state index contributed by atoms with van der Waals surface area (Å²) < 4.78 is 19.6. The molecule has 7 heteroatoms. The Labute approximate surface area is 144 Å². The number of nitro benzene ring substituents is 1. The zero-order valence-corrected chi connectivity index (χ0v) is 13.9. The van der Waals surface area contributed by atoms with E-state index in [1.165, 1.54) is 12.1 Å². The van der Waals surface area contributed by atoms with E-state index >= 15 is 0 Å². The average molecular weight is 392 g/mol. The fourth-order valence-corrected chi connectivity index (χ4v) is 3.26. The van der Waals surface area contributed by atoms with Crippen LogP contribution in [0.1, 0.15) is 16.7 Å². The predicted octanol–water partition coefficient (Wildman–Crippen LogP) is 4.33. The Hall–Kier alpha value is -2.54. The molecule has 0 unspecified atom stereocenters. The first kappa shape index (κ1) is 16.3. The molecule has 3 rings (SSSR count). The quantitative estimate of drug-likeness (QED) is 0.287. The Kier molecular flexibility index (Phi) is 4.44. The lowest BCUT2D eigenvalue weighted by Gasteiger charge is -2.10. The van der Waals surface area contributed by atoms with E-state index in [2.05, 4.69) is 15.9 Å². The normalized spacial score (nSPS) is 10.9. The maximum atomic E-state index is 14.3. The van der Waals surface area contributed by atoms with Crippen molar-refractivity contribution in [3.05, 3.63) is 85.5 Å². The van der Waals surface area contributed by atoms with Crippen molar-refractivity contribution in [2.24, 2.45) is 0 Å². The highest BCUT2D eigenvalue weighted by Gasteiger charge is 2.20. The van der Waals surface area contributed by atoms with E-state index in [-0.39, 0.29) is 17.5 Å². The van der Waals surface area contributed by atoms with Gasteiger partial charge in [-0.2, -0.15) is 4.39 Å². The summed E-state index contributed by atoms with van der Waals surface area (Å²) in [7, 11) is 0. The fourth-order valence-electron chi connectivity index (χ4n) is 2.62. The van der Waals surface area contributed by atoms with Crippen molar-refractivity contribution in [2.75, 3.05) is 0 Å². The van der Waals surface area contributed by atoms with E-state index in [1.807, 2.05) is 12.1 Å². The molecular formula is C17H11BrFNO4. The monoisotopic (exact) mass is 391 g/mol. The summed E-state index contributed by atoms with van der Waals surface area (Å²) in [5, 5.41) is 12.0. The van der Waals surface area contributed by atoms with Gasteiger partial charge in [-0.15, -0.1) is 0 Å². The van der Waals surface area contributed by atoms with Gasteiger partial charge in [0.1, 0.15) is 5.58 Å². The number of halogens is 2. The summed E-state index contributed by atoms with van der Waals surface area (Å²) in [4.78, 5) is 22.4. The lowest BCUT2D eigenvalue weighted by atomic mass is 9.99. The minimum Gasteiger partial charge on any atom is -0.423 e. The van der Waals surface area contributed by atoms with Gasteiger partial charge in [0.25, 0.3) is 0 Å². The van der Waals surface area contributed by atoms with Gasteiger partial charge in [0.05, 0.1) is 4.92 Å². The van der Waals surface area contributed by atoms with Crippen LogP contribution in [0.3, 0.4) is 0 Å². The molecule has 0 aliphatic heterocycles. The van der Waals surface area contributed by atoms with Gasteiger partial charge < -0.3 is 4.42 Å². The number of hydrogen-bond acceptors (Lipinski definition) is 4. The molecule has 2 aromatic carbocycles. The lowest BCUT2D eigenvalue weighted by Crippen LogP contribution is -2.13. The van der Waals surface area contributed by atoms with E-state index < -0.39 is 22.1 Å². The summed E-state index contributed by atoms with van der Waals surface area (Å²) in [5.74, 6) is -0.935. The molecule has 0 bridgehead atoms. The number of hydrogen-bond donors (Lipinski definition) is 0. The van der Waals surface area contributed by atoms with Gasteiger partial charge in [0.15, 0.2) is 0 Å². The van der Waals surface area contributed by atoms with Crippen LogP contribution in [0.25, 0.3) is 11.0 Å². The second kappa shape index (κ2) is 6.52. The smallest absolute Gasteiger partial charge is 0.340 e. The van der Waals surface area contributed by atoms with E-state index in [1.54, 1.807) is 12.1 Å². The molecule has 0 fully saturated rings. The van der Waals surface area contributed by atoms with Gasteiger partial charge in [-0.1, -0.05) is 46.3 Å². The van der Waals surface area contributed by atoms with Crippen molar-refractivity contribution in [3.63, 3.8) is 0 Å². The first-order valence-electron chi connectivity index (χ1n) is 7.04. The maximum Gasteiger partial charge on any atom is 0.340 e. The summed E-state index contributed by atoms with van der Waals surface area (Å²) in [6.07, 6.45) is -0.0817. The summed E-state index contributed by atoms with van der Waals surface area (Å²) >= 11 is 3.35.